The summed E-state index contributed by atoms with van der Waals surface area (Å²) in [5.74, 6) is 4.42. The van der Waals surface area contributed by atoms with Gasteiger partial charge in [0.2, 0.25) is 0 Å². The Morgan fingerprint density at radius 2 is 1.67 bits per heavy atom. The van der Waals surface area contributed by atoms with Crippen LogP contribution in [0, 0.1) is 24.7 Å². The zero-order valence-corrected chi connectivity index (χ0v) is 7.84. The summed E-state index contributed by atoms with van der Waals surface area (Å²) in [5.41, 5.74) is 0. The van der Waals surface area contributed by atoms with E-state index < -0.39 is 7.60 Å². The second kappa shape index (κ2) is 5.86. The van der Waals surface area contributed by atoms with Crippen LogP contribution in [0.2, 0.25) is 0 Å². The van der Waals surface area contributed by atoms with E-state index in [1.165, 1.54) is 0 Å². The highest BCUT2D eigenvalue weighted by atomic mass is 31.2. The van der Waals surface area contributed by atoms with Crippen LogP contribution in [-0.2, 0) is 13.6 Å². The van der Waals surface area contributed by atoms with E-state index in [1.807, 2.05) is 0 Å². The Balaban J connectivity index is 4.00. The number of rotatable bonds is 5. The van der Waals surface area contributed by atoms with E-state index in [1.54, 1.807) is 6.92 Å². The van der Waals surface area contributed by atoms with Crippen molar-refractivity contribution < 1.29 is 13.6 Å². The molecule has 0 unspecified atom stereocenters. The molecule has 0 aliphatic rings. The predicted molar refractivity (Wildman–Crippen MR) is 47.7 cm³/mol. The lowest BCUT2D eigenvalue weighted by atomic mass is 10.8. The first-order chi connectivity index (χ1) is 5.68. The maximum atomic E-state index is 11.5. The Morgan fingerprint density at radius 1 is 1.25 bits per heavy atom. The molecule has 0 aliphatic carbocycles. The van der Waals surface area contributed by atoms with Crippen LogP contribution >= 0.6 is 7.60 Å². The van der Waals surface area contributed by atoms with Crippen LogP contribution in [-0.4, -0.2) is 19.4 Å². The average molecular weight is 186 g/mol. The summed E-state index contributed by atoms with van der Waals surface area (Å²) >= 11 is 0. The Bertz CT molecular complexity index is 224. The maximum Gasteiger partial charge on any atom is 0.332 e. The maximum absolute atomic E-state index is 11.5. The lowest BCUT2D eigenvalue weighted by molar-refractivity contribution is 0.243. The fourth-order valence-corrected chi connectivity index (χ4v) is 1.47. The molecule has 0 aromatic rings. The van der Waals surface area contributed by atoms with Gasteiger partial charge in [-0.3, -0.25) is 13.6 Å². The molecule has 4 heteroatoms. The Hall–Kier alpha value is -0.730. The largest absolute Gasteiger partial charge is 0.332 e. The third-order valence-electron chi connectivity index (χ3n) is 1.08. The molecule has 0 saturated carbocycles. The van der Waals surface area contributed by atoms with Crippen LogP contribution < -0.4 is 0 Å². The minimum atomic E-state index is -3.02. The smallest absolute Gasteiger partial charge is 0.295 e. The summed E-state index contributed by atoms with van der Waals surface area (Å²) in [6.07, 6.45) is 10.1. The first kappa shape index (κ1) is 11.3. The van der Waals surface area contributed by atoms with E-state index in [9.17, 15) is 4.57 Å². The monoisotopic (exact) mass is 186 g/mol. The summed E-state index contributed by atoms with van der Waals surface area (Å²) in [6.45, 7) is 1.65. The van der Waals surface area contributed by atoms with Crippen molar-refractivity contribution in [2.45, 2.75) is 6.92 Å². The van der Waals surface area contributed by atoms with Gasteiger partial charge < -0.3 is 0 Å². The highest BCUT2D eigenvalue weighted by Gasteiger charge is 2.20. The first-order valence-corrected chi connectivity index (χ1v) is 5.16. The highest BCUT2D eigenvalue weighted by Crippen LogP contribution is 2.47. The van der Waals surface area contributed by atoms with Gasteiger partial charge in [-0.1, -0.05) is 18.8 Å². The van der Waals surface area contributed by atoms with Crippen LogP contribution in [0.1, 0.15) is 6.92 Å². The summed E-state index contributed by atoms with van der Waals surface area (Å²) in [7, 11) is -3.02. The van der Waals surface area contributed by atoms with Crippen molar-refractivity contribution in [2.24, 2.45) is 0 Å². The topological polar surface area (TPSA) is 35.5 Å². The lowest BCUT2D eigenvalue weighted by Crippen LogP contribution is -1.98. The molecule has 0 rings (SSSR count). The highest BCUT2D eigenvalue weighted by molar-refractivity contribution is 7.53. The van der Waals surface area contributed by atoms with E-state index in [0.29, 0.717) is 0 Å². The van der Waals surface area contributed by atoms with Gasteiger partial charge in [-0.25, -0.2) is 0 Å². The first-order valence-electron chi connectivity index (χ1n) is 3.43. The summed E-state index contributed by atoms with van der Waals surface area (Å²) < 4.78 is 21.1. The van der Waals surface area contributed by atoms with E-state index >= 15 is 0 Å². The SMILES string of the molecule is C#CCOP(=O)(CC)OCC#C. The van der Waals surface area contributed by atoms with Crippen LogP contribution in [0.15, 0.2) is 0 Å². The zero-order valence-electron chi connectivity index (χ0n) is 6.95. The van der Waals surface area contributed by atoms with Gasteiger partial charge in [0.15, 0.2) is 0 Å². The Labute approximate surface area is 73.0 Å². The molecule has 0 aliphatic heterocycles. The van der Waals surface area contributed by atoms with Crippen LogP contribution in [0.25, 0.3) is 0 Å². The molecule has 0 atom stereocenters. The minimum Gasteiger partial charge on any atom is -0.295 e. The van der Waals surface area contributed by atoms with Crippen LogP contribution in [0.3, 0.4) is 0 Å². The molecule has 0 radical (unpaired) electrons. The van der Waals surface area contributed by atoms with Gasteiger partial charge >= 0.3 is 7.60 Å². The number of terminal acetylenes is 2. The van der Waals surface area contributed by atoms with E-state index in [2.05, 4.69) is 11.8 Å². The molecule has 0 N–H and O–H groups in total. The molecule has 12 heavy (non-hydrogen) atoms. The van der Waals surface area contributed by atoms with Crippen molar-refractivity contribution in [3.8, 4) is 24.7 Å². The second-order valence-electron chi connectivity index (χ2n) is 1.88. The van der Waals surface area contributed by atoms with Gasteiger partial charge in [-0.2, -0.15) is 0 Å². The molecule has 0 aromatic carbocycles. The molecule has 3 nitrogen and oxygen atoms in total. The Kier molecular flexibility index (Phi) is 5.51. The quantitative estimate of drug-likeness (QED) is 0.482. The number of hydrogen-bond acceptors (Lipinski definition) is 3. The van der Waals surface area contributed by atoms with Gasteiger partial charge in [-0.15, -0.1) is 12.8 Å². The predicted octanol–water partition coefficient (Wildman–Crippen LogP) is 1.50. The third kappa shape index (κ3) is 4.21. The number of hydrogen-bond donors (Lipinski definition) is 0. The van der Waals surface area contributed by atoms with Gasteiger partial charge in [0.05, 0.1) is 0 Å². The van der Waals surface area contributed by atoms with Crippen molar-refractivity contribution in [3.63, 3.8) is 0 Å². The van der Waals surface area contributed by atoms with Gasteiger partial charge in [-0.05, 0) is 0 Å². The molecule has 66 valence electrons. The fraction of sp³-hybridized carbons (Fsp3) is 0.500. The molecular formula is C8H11O3P. The molecule has 0 amide bonds. The molecular weight excluding hydrogens is 175 g/mol. The second-order valence-corrected chi connectivity index (χ2v) is 4.25. The Morgan fingerprint density at radius 3 is 1.92 bits per heavy atom. The van der Waals surface area contributed by atoms with Gasteiger partial charge in [0, 0.05) is 6.16 Å². The molecule has 0 saturated heterocycles. The van der Waals surface area contributed by atoms with E-state index in [-0.39, 0.29) is 19.4 Å². The van der Waals surface area contributed by atoms with Crippen LogP contribution in [0.4, 0.5) is 0 Å². The third-order valence-corrected chi connectivity index (χ3v) is 2.90. The van der Waals surface area contributed by atoms with Crippen molar-refractivity contribution in [1.82, 2.24) is 0 Å². The zero-order chi connectivity index (χ0) is 9.45. The summed E-state index contributed by atoms with van der Waals surface area (Å²) in [4.78, 5) is 0. The molecule has 0 aromatic heterocycles. The minimum absolute atomic E-state index is 0.0182. The molecule has 0 bridgehead atoms. The van der Waals surface area contributed by atoms with Crippen molar-refractivity contribution >= 4 is 7.60 Å². The summed E-state index contributed by atoms with van der Waals surface area (Å²) in [5, 5.41) is 0. The van der Waals surface area contributed by atoms with Gasteiger partial charge in [0.25, 0.3) is 0 Å². The van der Waals surface area contributed by atoms with E-state index in [0.717, 1.165) is 0 Å². The van der Waals surface area contributed by atoms with Crippen molar-refractivity contribution in [2.75, 3.05) is 19.4 Å². The lowest BCUT2D eigenvalue weighted by Gasteiger charge is -2.13. The van der Waals surface area contributed by atoms with Crippen LogP contribution in [0.5, 0.6) is 0 Å². The van der Waals surface area contributed by atoms with E-state index in [4.69, 9.17) is 21.9 Å². The normalized spacial score (nSPS) is 10.2. The average Bonchev–Trinajstić information content (AvgIpc) is 2.11. The van der Waals surface area contributed by atoms with Crippen molar-refractivity contribution in [3.05, 3.63) is 0 Å². The standard InChI is InChI=1S/C8H11O3P/c1-4-7-10-12(9,6-3)11-8-5-2/h1-2H,6-8H2,3H3. The van der Waals surface area contributed by atoms with Crippen molar-refractivity contribution in [1.29, 1.82) is 0 Å². The van der Waals surface area contributed by atoms with Gasteiger partial charge in [0.1, 0.15) is 13.2 Å². The molecule has 0 heterocycles. The summed E-state index contributed by atoms with van der Waals surface area (Å²) in [6, 6.07) is 0. The fourth-order valence-electron chi connectivity index (χ4n) is 0.491. The molecule has 0 spiro atoms. The molecule has 0 fully saturated rings.